The summed E-state index contributed by atoms with van der Waals surface area (Å²) in [5, 5.41) is 3.12. The lowest BCUT2D eigenvalue weighted by atomic mass is 9.91. The maximum Gasteiger partial charge on any atom is 0.253 e. The van der Waals surface area contributed by atoms with E-state index in [0.717, 1.165) is 48.5 Å². The average molecular weight is 420 g/mol. The zero-order valence-corrected chi connectivity index (χ0v) is 18.2. The highest BCUT2D eigenvalue weighted by Gasteiger charge is 2.25. The Labute approximate surface area is 172 Å². The molecule has 0 aliphatic heterocycles. The number of aromatic nitrogens is 1. The summed E-state index contributed by atoms with van der Waals surface area (Å²) in [4.78, 5) is 12.9. The van der Waals surface area contributed by atoms with Crippen molar-refractivity contribution in [1.29, 1.82) is 0 Å². The van der Waals surface area contributed by atoms with Crippen LogP contribution in [0.4, 0.5) is 0 Å². The van der Waals surface area contributed by atoms with Gasteiger partial charge in [-0.1, -0.05) is 0 Å². The van der Waals surface area contributed by atoms with Crippen LogP contribution in [0.15, 0.2) is 30.3 Å². The van der Waals surface area contributed by atoms with Crippen molar-refractivity contribution in [2.24, 2.45) is 0 Å². The maximum atomic E-state index is 12.9. The third-order valence-corrected chi connectivity index (χ3v) is 6.21. The van der Waals surface area contributed by atoms with Crippen molar-refractivity contribution in [1.82, 2.24) is 14.6 Å². The van der Waals surface area contributed by atoms with Gasteiger partial charge in [-0.05, 0) is 69.9 Å². The van der Waals surface area contributed by atoms with E-state index in [1.165, 1.54) is 6.26 Å². The number of methoxy groups -OCH3 is 1. The minimum Gasteiger partial charge on any atom is -0.497 e. The van der Waals surface area contributed by atoms with Gasteiger partial charge in [0, 0.05) is 29.2 Å². The summed E-state index contributed by atoms with van der Waals surface area (Å²) >= 11 is 0. The van der Waals surface area contributed by atoms with Gasteiger partial charge in [0.05, 0.1) is 18.9 Å². The zero-order valence-electron chi connectivity index (χ0n) is 17.4. The molecule has 0 spiro atoms. The van der Waals surface area contributed by atoms with E-state index in [2.05, 4.69) is 14.6 Å². The van der Waals surface area contributed by atoms with Gasteiger partial charge in [0.2, 0.25) is 10.0 Å². The van der Waals surface area contributed by atoms with E-state index >= 15 is 0 Å². The minimum absolute atomic E-state index is 0.0433. The highest BCUT2D eigenvalue weighted by atomic mass is 32.2. The molecule has 1 heterocycles. The topological polar surface area (TPSA) is 89.4 Å². The number of benzene rings is 1. The Kier molecular flexibility index (Phi) is 6.33. The largest absolute Gasteiger partial charge is 0.497 e. The quantitative estimate of drug-likeness (QED) is 0.753. The van der Waals surface area contributed by atoms with E-state index in [0.29, 0.717) is 5.56 Å². The number of nitrogens with one attached hydrogen (secondary N) is 2. The summed E-state index contributed by atoms with van der Waals surface area (Å²) in [6, 6.07) is 9.66. The van der Waals surface area contributed by atoms with Crippen LogP contribution in [0.5, 0.6) is 5.75 Å². The van der Waals surface area contributed by atoms with Gasteiger partial charge < -0.3 is 14.6 Å². The number of carbonyl (C=O) groups is 1. The molecule has 2 aromatic rings. The van der Waals surface area contributed by atoms with Crippen LogP contribution in [-0.2, 0) is 10.0 Å². The van der Waals surface area contributed by atoms with Crippen molar-refractivity contribution >= 4 is 15.9 Å². The van der Waals surface area contributed by atoms with E-state index < -0.39 is 10.0 Å². The van der Waals surface area contributed by atoms with E-state index in [-0.39, 0.29) is 18.0 Å². The third kappa shape index (κ3) is 5.19. The Balaban J connectivity index is 1.68. The predicted octanol–water partition coefficient (Wildman–Crippen LogP) is 2.69. The normalized spacial score (nSPS) is 19.7. The Hall–Kier alpha value is -2.32. The van der Waals surface area contributed by atoms with Gasteiger partial charge in [0.1, 0.15) is 5.75 Å². The highest BCUT2D eigenvalue weighted by Crippen LogP contribution is 2.24. The van der Waals surface area contributed by atoms with Crippen LogP contribution in [0.25, 0.3) is 5.69 Å². The molecule has 0 bridgehead atoms. The molecule has 0 atom stereocenters. The summed E-state index contributed by atoms with van der Waals surface area (Å²) in [5.74, 6) is 0.701. The standard InChI is InChI=1S/C21H29N3O4S/c1-14-13-20(15(2)24(14)18-9-11-19(28-3)12-10-18)21(25)22-16-5-7-17(8-6-16)23-29(4,26)27/h9-13,16-17,23H,5-8H2,1-4H3,(H,22,25). The third-order valence-electron chi connectivity index (χ3n) is 5.45. The second kappa shape index (κ2) is 8.59. The van der Waals surface area contributed by atoms with Crippen molar-refractivity contribution in [3.05, 3.63) is 47.3 Å². The lowest BCUT2D eigenvalue weighted by molar-refractivity contribution is 0.0924. The first-order chi connectivity index (χ1) is 13.7. The lowest BCUT2D eigenvalue weighted by Crippen LogP contribution is -2.43. The fraction of sp³-hybridized carbons (Fsp3) is 0.476. The smallest absolute Gasteiger partial charge is 0.253 e. The van der Waals surface area contributed by atoms with Crippen LogP contribution in [-0.4, -0.2) is 44.3 Å². The van der Waals surface area contributed by atoms with Gasteiger partial charge in [0.15, 0.2) is 0 Å². The predicted molar refractivity (Wildman–Crippen MR) is 113 cm³/mol. The monoisotopic (exact) mass is 419 g/mol. The molecule has 1 aromatic carbocycles. The Morgan fingerprint density at radius 2 is 1.66 bits per heavy atom. The molecule has 1 aliphatic carbocycles. The number of amides is 1. The second-order valence-electron chi connectivity index (χ2n) is 7.73. The van der Waals surface area contributed by atoms with E-state index in [1.54, 1.807) is 7.11 Å². The first-order valence-electron chi connectivity index (χ1n) is 9.79. The van der Waals surface area contributed by atoms with Gasteiger partial charge in [-0.25, -0.2) is 13.1 Å². The van der Waals surface area contributed by atoms with Crippen LogP contribution < -0.4 is 14.8 Å². The maximum absolute atomic E-state index is 12.9. The lowest BCUT2D eigenvalue weighted by Gasteiger charge is -2.29. The number of sulfonamides is 1. The molecule has 0 unspecified atom stereocenters. The molecule has 7 nitrogen and oxygen atoms in total. The number of nitrogens with zero attached hydrogens (tertiary/aromatic N) is 1. The SMILES string of the molecule is COc1ccc(-n2c(C)cc(C(=O)NC3CCC(NS(C)(=O)=O)CC3)c2C)cc1. The molecule has 1 aromatic heterocycles. The molecule has 3 rings (SSSR count). The van der Waals surface area contributed by atoms with Crippen molar-refractivity contribution in [3.63, 3.8) is 0 Å². The van der Waals surface area contributed by atoms with Gasteiger partial charge in [-0.3, -0.25) is 4.79 Å². The first-order valence-corrected chi connectivity index (χ1v) is 11.7. The number of rotatable bonds is 6. The summed E-state index contributed by atoms with van der Waals surface area (Å²) in [6.45, 7) is 3.93. The van der Waals surface area contributed by atoms with Crippen LogP contribution in [0.1, 0.15) is 47.4 Å². The summed E-state index contributed by atoms with van der Waals surface area (Å²) in [7, 11) is -1.56. The number of hydrogen-bond acceptors (Lipinski definition) is 4. The van der Waals surface area contributed by atoms with E-state index in [9.17, 15) is 13.2 Å². The fourth-order valence-electron chi connectivity index (χ4n) is 4.04. The Bertz CT molecular complexity index is 972. The molecular formula is C21H29N3O4S. The van der Waals surface area contributed by atoms with Crippen molar-refractivity contribution < 1.29 is 17.9 Å². The van der Waals surface area contributed by atoms with E-state index in [1.807, 2.05) is 44.2 Å². The van der Waals surface area contributed by atoms with Crippen molar-refractivity contribution in [2.75, 3.05) is 13.4 Å². The summed E-state index contributed by atoms with van der Waals surface area (Å²) in [5.41, 5.74) is 3.51. The van der Waals surface area contributed by atoms with Gasteiger partial charge in [-0.15, -0.1) is 0 Å². The molecule has 1 amide bonds. The molecule has 8 heteroatoms. The van der Waals surface area contributed by atoms with Gasteiger partial charge in [0.25, 0.3) is 5.91 Å². The zero-order chi connectivity index (χ0) is 21.2. The number of aryl methyl sites for hydroxylation is 1. The van der Waals surface area contributed by atoms with E-state index in [4.69, 9.17) is 4.74 Å². The molecule has 2 N–H and O–H groups in total. The molecule has 0 saturated heterocycles. The molecule has 29 heavy (non-hydrogen) atoms. The van der Waals surface area contributed by atoms with Crippen LogP contribution in [0, 0.1) is 13.8 Å². The molecule has 158 valence electrons. The Morgan fingerprint density at radius 1 is 1.07 bits per heavy atom. The van der Waals surface area contributed by atoms with Crippen LogP contribution in [0.3, 0.4) is 0 Å². The number of hydrogen-bond donors (Lipinski definition) is 2. The first kappa shape index (κ1) is 21.4. The van der Waals surface area contributed by atoms with Crippen LogP contribution >= 0.6 is 0 Å². The van der Waals surface area contributed by atoms with Crippen molar-refractivity contribution in [2.45, 2.75) is 51.6 Å². The highest BCUT2D eigenvalue weighted by molar-refractivity contribution is 7.88. The molecule has 1 fully saturated rings. The number of carbonyl (C=O) groups excluding carboxylic acids is 1. The van der Waals surface area contributed by atoms with Gasteiger partial charge in [-0.2, -0.15) is 0 Å². The summed E-state index contributed by atoms with van der Waals surface area (Å²) < 4.78 is 32.7. The Morgan fingerprint density at radius 3 is 2.21 bits per heavy atom. The summed E-state index contributed by atoms with van der Waals surface area (Å²) in [6.07, 6.45) is 4.15. The molecular weight excluding hydrogens is 390 g/mol. The van der Waals surface area contributed by atoms with Gasteiger partial charge >= 0.3 is 0 Å². The average Bonchev–Trinajstić information content (AvgIpc) is 2.96. The fourth-order valence-corrected chi connectivity index (χ4v) is 4.88. The molecule has 1 saturated carbocycles. The molecule has 1 aliphatic rings. The van der Waals surface area contributed by atoms with Crippen molar-refractivity contribution in [3.8, 4) is 11.4 Å². The minimum atomic E-state index is -3.19. The van der Waals surface area contributed by atoms with Crippen LogP contribution in [0.2, 0.25) is 0 Å². The number of ether oxygens (including phenoxy) is 1. The second-order valence-corrected chi connectivity index (χ2v) is 9.51. The molecule has 0 radical (unpaired) electrons.